The van der Waals surface area contributed by atoms with Gasteiger partial charge in [-0.1, -0.05) is 50.1 Å². The average molecular weight is 339 g/mol. The first-order chi connectivity index (χ1) is 12.0. The summed E-state index contributed by atoms with van der Waals surface area (Å²) in [6.45, 7) is 11.6. The molecular formula is C24H34O. The highest BCUT2D eigenvalue weighted by Crippen LogP contribution is 2.66. The molecule has 0 spiro atoms. The zero-order valence-electron chi connectivity index (χ0n) is 16.3. The van der Waals surface area contributed by atoms with E-state index in [0.717, 1.165) is 36.5 Å². The minimum atomic E-state index is 0.377. The quantitative estimate of drug-likeness (QED) is 0.554. The molecule has 0 aromatic rings. The van der Waals surface area contributed by atoms with Crippen molar-refractivity contribution in [1.29, 1.82) is 0 Å². The molecule has 25 heavy (non-hydrogen) atoms. The van der Waals surface area contributed by atoms with Crippen molar-refractivity contribution >= 4 is 5.78 Å². The summed E-state index contributed by atoms with van der Waals surface area (Å²) in [4.78, 5) is 12.0. The number of allylic oxidation sites excluding steroid dienone is 4. The van der Waals surface area contributed by atoms with Gasteiger partial charge in [0.05, 0.1) is 0 Å². The van der Waals surface area contributed by atoms with Crippen LogP contribution in [0.5, 0.6) is 0 Å². The summed E-state index contributed by atoms with van der Waals surface area (Å²) in [5.41, 5.74) is 3.39. The lowest BCUT2D eigenvalue weighted by molar-refractivity contribution is -0.116. The summed E-state index contributed by atoms with van der Waals surface area (Å²) < 4.78 is 0. The van der Waals surface area contributed by atoms with Crippen LogP contribution in [0.4, 0.5) is 0 Å². The molecule has 0 aromatic carbocycles. The Bertz CT molecular complexity index is 638. The monoisotopic (exact) mass is 338 g/mol. The summed E-state index contributed by atoms with van der Waals surface area (Å²) in [6.07, 6.45) is 15.0. The van der Waals surface area contributed by atoms with Crippen LogP contribution < -0.4 is 0 Å². The van der Waals surface area contributed by atoms with Gasteiger partial charge in [-0.3, -0.25) is 4.79 Å². The molecule has 0 N–H and O–H groups in total. The number of carbonyl (C=O) groups excluding carboxylic acids is 1. The number of carbonyl (C=O) groups is 1. The Kier molecular flexibility index (Phi) is 4.33. The molecule has 0 bridgehead atoms. The summed E-state index contributed by atoms with van der Waals surface area (Å²) in [7, 11) is 0. The van der Waals surface area contributed by atoms with Gasteiger partial charge in [0.25, 0.3) is 0 Å². The molecule has 0 aromatic heterocycles. The molecule has 0 radical (unpaired) electrons. The maximum atomic E-state index is 12.0. The molecule has 4 rings (SSSR count). The lowest BCUT2D eigenvalue weighted by Gasteiger charge is -2.56. The second kappa shape index (κ2) is 6.25. The first-order valence-corrected chi connectivity index (χ1v) is 10.5. The lowest BCUT2D eigenvalue weighted by Crippen LogP contribution is -2.49. The van der Waals surface area contributed by atoms with Gasteiger partial charge < -0.3 is 0 Å². The van der Waals surface area contributed by atoms with Gasteiger partial charge >= 0.3 is 0 Å². The number of fused-ring (bicyclic) bond motifs is 5. The zero-order valence-corrected chi connectivity index (χ0v) is 16.3. The standard InChI is InChI=1S/C24H34O/c1-5-7-21-15(3)12-22-23-16(6-2)13-17-14-18(25)8-9-19(17)20(23)10-11-24(21,22)4/h5,7,14,16,19-23H,3,6,8-13H2,1-2,4H3/b7-5+/t16-,19+,20-,21-,22+,23-,24-/m1/s1. The van der Waals surface area contributed by atoms with Crippen LogP contribution in [0.15, 0.2) is 36.0 Å². The molecule has 3 fully saturated rings. The number of rotatable bonds is 2. The van der Waals surface area contributed by atoms with Gasteiger partial charge in [0.2, 0.25) is 0 Å². The molecule has 1 nitrogen and oxygen atoms in total. The van der Waals surface area contributed by atoms with Crippen LogP contribution in [0.25, 0.3) is 0 Å². The van der Waals surface area contributed by atoms with E-state index in [9.17, 15) is 4.79 Å². The van der Waals surface area contributed by atoms with Crippen LogP contribution in [-0.4, -0.2) is 5.78 Å². The number of ketones is 1. The van der Waals surface area contributed by atoms with Gasteiger partial charge in [0.1, 0.15) is 0 Å². The Morgan fingerprint density at radius 3 is 2.84 bits per heavy atom. The van der Waals surface area contributed by atoms with Gasteiger partial charge in [-0.25, -0.2) is 0 Å². The molecule has 136 valence electrons. The number of hydrogen-bond donors (Lipinski definition) is 0. The first-order valence-electron chi connectivity index (χ1n) is 10.5. The fourth-order valence-corrected chi connectivity index (χ4v) is 7.34. The van der Waals surface area contributed by atoms with E-state index >= 15 is 0 Å². The molecule has 0 aliphatic heterocycles. The molecule has 4 aliphatic rings. The Balaban J connectivity index is 1.71. The third-order valence-corrected chi connectivity index (χ3v) is 8.45. The van der Waals surface area contributed by atoms with Gasteiger partial charge in [-0.05, 0) is 80.1 Å². The van der Waals surface area contributed by atoms with Gasteiger partial charge in [0.15, 0.2) is 5.78 Å². The normalized spacial score (nSPS) is 46.6. The molecule has 0 amide bonds. The van der Waals surface area contributed by atoms with Crippen molar-refractivity contribution < 1.29 is 4.79 Å². The largest absolute Gasteiger partial charge is 0.295 e. The summed E-state index contributed by atoms with van der Waals surface area (Å²) in [5, 5.41) is 0. The Morgan fingerprint density at radius 1 is 1.32 bits per heavy atom. The molecule has 0 unspecified atom stereocenters. The van der Waals surface area contributed by atoms with E-state index in [-0.39, 0.29) is 0 Å². The fraction of sp³-hybridized carbons (Fsp3) is 0.708. The summed E-state index contributed by atoms with van der Waals surface area (Å²) in [5.74, 6) is 4.86. The third kappa shape index (κ3) is 2.53. The van der Waals surface area contributed by atoms with E-state index in [1.54, 1.807) is 0 Å². The van der Waals surface area contributed by atoms with Crippen molar-refractivity contribution in [3.63, 3.8) is 0 Å². The molecule has 7 atom stereocenters. The second-order valence-electron chi connectivity index (χ2n) is 9.46. The smallest absolute Gasteiger partial charge is 0.155 e. The van der Waals surface area contributed by atoms with Crippen LogP contribution in [0.1, 0.15) is 65.7 Å². The highest BCUT2D eigenvalue weighted by Gasteiger charge is 2.58. The van der Waals surface area contributed by atoms with E-state index in [1.807, 2.05) is 6.08 Å². The summed E-state index contributed by atoms with van der Waals surface area (Å²) in [6, 6.07) is 0. The zero-order chi connectivity index (χ0) is 17.8. The van der Waals surface area contributed by atoms with Gasteiger partial charge in [-0.2, -0.15) is 0 Å². The molecule has 0 saturated heterocycles. The Labute approximate surface area is 153 Å². The van der Waals surface area contributed by atoms with Crippen LogP contribution in [0.3, 0.4) is 0 Å². The minimum Gasteiger partial charge on any atom is -0.295 e. The summed E-state index contributed by atoms with van der Waals surface area (Å²) >= 11 is 0. The van der Waals surface area contributed by atoms with E-state index in [2.05, 4.69) is 39.5 Å². The molecule has 1 heteroatoms. The van der Waals surface area contributed by atoms with Crippen molar-refractivity contribution in [1.82, 2.24) is 0 Å². The van der Waals surface area contributed by atoms with E-state index < -0.39 is 0 Å². The Morgan fingerprint density at radius 2 is 2.12 bits per heavy atom. The highest BCUT2D eigenvalue weighted by atomic mass is 16.1. The Hall–Kier alpha value is -1.11. The van der Waals surface area contributed by atoms with Crippen molar-refractivity contribution in [3.05, 3.63) is 36.0 Å². The van der Waals surface area contributed by atoms with Gasteiger partial charge in [-0.15, -0.1) is 0 Å². The van der Waals surface area contributed by atoms with Crippen LogP contribution in [0, 0.1) is 40.9 Å². The SMILES string of the molecule is C=C1C[C@H]2[C@@H]3[C@H](CC)CC4=CC(=O)CC[C@@H]4[C@H]3CC[C@]2(C)[C@@H]1/C=C/C. The van der Waals surface area contributed by atoms with Crippen molar-refractivity contribution in [2.75, 3.05) is 0 Å². The number of hydrogen-bond acceptors (Lipinski definition) is 1. The maximum absolute atomic E-state index is 12.0. The van der Waals surface area contributed by atoms with Crippen LogP contribution in [0.2, 0.25) is 0 Å². The lowest BCUT2D eigenvalue weighted by atomic mass is 9.48. The predicted octanol–water partition coefficient (Wildman–Crippen LogP) is 6.12. The van der Waals surface area contributed by atoms with Gasteiger partial charge in [0, 0.05) is 12.3 Å². The van der Waals surface area contributed by atoms with E-state index in [4.69, 9.17) is 0 Å². The average Bonchev–Trinajstić information content (AvgIpc) is 2.85. The fourth-order valence-electron chi connectivity index (χ4n) is 7.34. The highest BCUT2D eigenvalue weighted by molar-refractivity contribution is 5.91. The second-order valence-corrected chi connectivity index (χ2v) is 9.46. The molecule has 3 saturated carbocycles. The third-order valence-electron chi connectivity index (χ3n) is 8.45. The maximum Gasteiger partial charge on any atom is 0.155 e. The minimum absolute atomic E-state index is 0.377. The van der Waals surface area contributed by atoms with Crippen molar-refractivity contribution in [2.24, 2.45) is 40.9 Å². The first kappa shape index (κ1) is 17.3. The van der Waals surface area contributed by atoms with Crippen LogP contribution in [-0.2, 0) is 4.79 Å². The molecular weight excluding hydrogens is 304 g/mol. The van der Waals surface area contributed by atoms with E-state index in [0.29, 0.717) is 23.0 Å². The van der Waals surface area contributed by atoms with E-state index in [1.165, 1.54) is 43.3 Å². The topological polar surface area (TPSA) is 17.1 Å². The van der Waals surface area contributed by atoms with Crippen molar-refractivity contribution in [3.8, 4) is 0 Å². The van der Waals surface area contributed by atoms with Crippen molar-refractivity contribution in [2.45, 2.75) is 65.7 Å². The predicted molar refractivity (Wildman–Crippen MR) is 104 cm³/mol. The molecule has 0 heterocycles. The molecule has 4 aliphatic carbocycles. The van der Waals surface area contributed by atoms with Crippen LogP contribution >= 0.6 is 0 Å².